The summed E-state index contributed by atoms with van der Waals surface area (Å²) in [6.45, 7) is 6.84. The van der Waals surface area contributed by atoms with Crippen LogP contribution in [0.5, 0.6) is 0 Å². The lowest BCUT2D eigenvalue weighted by atomic mass is 9.91. The summed E-state index contributed by atoms with van der Waals surface area (Å²) < 4.78 is 46.5. The molecule has 162 valence electrons. The van der Waals surface area contributed by atoms with E-state index in [0.29, 0.717) is 22.8 Å². The van der Waals surface area contributed by atoms with Crippen LogP contribution in [0.15, 0.2) is 42.5 Å². The molecule has 0 spiro atoms. The maximum absolute atomic E-state index is 13.7. The number of rotatable bonds is 4. The Morgan fingerprint density at radius 1 is 1.03 bits per heavy atom. The highest BCUT2D eigenvalue weighted by Crippen LogP contribution is 2.42. The van der Waals surface area contributed by atoms with Gasteiger partial charge in [-0.15, -0.1) is 0 Å². The highest BCUT2D eigenvalue weighted by molar-refractivity contribution is 6.34. The molecule has 0 aromatic heterocycles. The van der Waals surface area contributed by atoms with E-state index in [-0.39, 0.29) is 10.0 Å². The number of ether oxygens (including phenoxy) is 1. The number of benzene rings is 2. The van der Waals surface area contributed by atoms with Gasteiger partial charge in [-0.05, 0) is 74.7 Å². The van der Waals surface area contributed by atoms with E-state index < -0.39 is 28.9 Å². The van der Waals surface area contributed by atoms with E-state index in [4.69, 9.17) is 27.9 Å². The highest BCUT2D eigenvalue weighted by atomic mass is 35.5. The summed E-state index contributed by atoms with van der Waals surface area (Å²) in [6, 6.07) is 7.73. The number of esters is 1. The lowest BCUT2D eigenvalue weighted by Gasteiger charge is -2.28. The lowest BCUT2D eigenvalue weighted by Crippen LogP contribution is -2.40. The predicted molar refractivity (Wildman–Crippen MR) is 112 cm³/mol. The van der Waals surface area contributed by atoms with E-state index in [1.54, 1.807) is 27.7 Å². The third kappa shape index (κ3) is 5.78. The number of hydrogen-bond donors (Lipinski definition) is 1. The maximum atomic E-state index is 13.7. The molecule has 0 aliphatic rings. The Kier molecular flexibility index (Phi) is 6.96. The molecule has 2 rings (SSSR count). The molecule has 0 heterocycles. The van der Waals surface area contributed by atoms with Crippen molar-refractivity contribution in [1.82, 2.24) is 0 Å². The molecule has 3 nitrogen and oxygen atoms in total. The molecular weight excluding hydrogens is 440 g/mol. The molecule has 0 aliphatic carbocycles. The van der Waals surface area contributed by atoms with Crippen molar-refractivity contribution in [3.63, 3.8) is 0 Å². The summed E-state index contributed by atoms with van der Waals surface area (Å²) in [4.78, 5) is 12.2. The molecule has 2 aromatic rings. The molecule has 0 amide bonds. The molecule has 0 radical (unpaired) electrons. The first-order valence-corrected chi connectivity index (χ1v) is 9.67. The fraction of sp³-hybridized carbons (Fsp3) is 0.318. The summed E-state index contributed by atoms with van der Waals surface area (Å²) >= 11 is 11.6. The van der Waals surface area contributed by atoms with Crippen molar-refractivity contribution in [2.75, 3.05) is 0 Å². The Balaban J connectivity index is 2.41. The number of aliphatic hydroxyl groups is 1. The number of halogens is 5. The van der Waals surface area contributed by atoms with Crippen molar-refractivity contribution in [2.45, 2.75) is 45.1 Å². The second-order valence-corrected chi connectivity index (χ2v) is 8.70. The summed E-state index contributed by atoms with van der Waals surface area (Å²) in [5, 5.41) is 10.4. The molecule has 0 bridgehead atoms. The van der Waals surface area contributed by atoms with E-state index >= 15 is 0 Å². The first-order valence-electron chi connectivity index (χ1n) is 8.91. The average molecular weight is 461 g/mol. The zero-order chi connectivity index (χ0) is 22.9. The summed E-state index contributed by atoms with van der Waals surface area (Å²) in [5.41, 5.74) is -3.31. The van der Waals surface area contributed by atoms with E-state index in [2.05, 4.69) is 0 Å². The van der Waals surface area contributed by atoms with Gasteiger partial charge in [0, 0.05) is 10.0 Å². The fourth-order valence-corrected chi connectivity index (χ4v) is 3.22. The minimum Gasteiger partial charge on any atom is -0.456 e. The van der Waals surface area contributed by atoms with Crippen LogP contribution in [0.4, 0.5) is 13.2 Å². The molecule has 1 atom stereocenters. The van der Waals surface area contributed by atoms with Crippen LogP contribution in [0.3, 0.4) is 0 Å². The Morgan fingerprint density at radius 2 is 1.60 bits per heavy atom. The zero-order valence-electron chi connectivity index (χ0n) is 16.8. The smallest absolute Gasteiger partial charge is 0.425 e. The molecule has 30 heavy (non-hydrogen) atoms. The SMILES string of the molecule is Cc1cc(C=C[C@](O)(c2cc(Cl)cc(Cl)c2)C(F)(F)F)ccc1C(=O)OC(C)(C)C. The number of hydrogen-bond acceptors (Lipinski definition) is 3. The van der Waals surface area contributed by atoms with Gasteiger partial charge in [0.2, 0.25) is 5.60 Å². The molecule has 0 saturated heterocycles. The number of carbonyl (C=O) groups is 1. The molecular formula is C22H21Cl2F3O3. The van der Waals surface area contributed by atoms with E-state index in [0.717, 1.165) is 18.2 Å². The van der Waals surface area contributed by atoms with Gasteiger partial charge in [0.1, 0.15) is 5.60 Å². The second kappa shape index (κ2) is 8.61. The van der Waals surface area contributed by atoms with E-state index in [9.17, 15) is 23.1 Å². The van der Waals surface area contributed by atoms with Gasteiger partial charge in [0.15, 0.2) is 0 Å². The minimum atomic E-state index is -5.02. The van der Waals surface area contributed by atoms with Gasteiger partial charge < -0.3 is 9.84 Å². The minimum absolute atomic E-state index is 0.0360. The zero-order valence-corrected chi connectivity index (χ0v) is 18.3. The largest absolute Gasteiger partial charge is 0.456 e. The Morgan fingerprint density at radius 3 is 2.07 bits per heavy atom. The monoisotopic (exact) mass is 460 g/mol. The van der Waals surface area contributed by atoms with Crippen LogP contribution in [0, 0.1) is 6.92 Å². The topological polar surface area (TPSA) is 46.5 Å². The summed E-state index contributed by atoms with van der Waals surface area (Å²) in [7, 11) is 0. The van der Waals surface area contributed by atoms with E-state index in [1.165, 1.54) is 24.3 Å². The van der Waals surface area contributed by atoms with Crippen LogP contribution < -0.4 is 0 Å². The molecule has 0 fully saturated rings. The van der Waals surface area contributed by atoms with Gasteiger partial charge in [-0.2, -0.15) is 13.2 Å². The Hall–Kier alpha value is -2.02. The standard InChI is InChI=1S/C22H21Cl2F3O3/c1-13-9-14(5-6-18(13)19(28)30-20(2,3)4)7-8-21(29,22(25,26)27)15-10-16(23)12-17(24)11-15/h5-12,29H,1-4H3/t21-/m0/s1. The first kappa shape index (κ1) is 24.3. The summed E-state index contributed by atoms with van der Waals surface area (Å²) in [6.07, 6.45) is -3.28. The predicted octanol–water partition coefficient (Wildman–Crippen LogP) is 6.72. The number of aryl methyl sites for hydroxylation is 1. The van der Waals surface area contributed by atoms with Crippen molar-refractivity contribution in [2.24, 2.45) is 0 Å². The van der Waals surface area contributed by atoms with Crippen LogP contribution in [0.2, 0.25) is 10.0 Å². The highest BCUT2D eigenvalue weighted by Gasteiger charge is 2.53. The van der Waals surface area contributed by atoms with Crippen LogP contribution >= 0.6 is 23.2 Å². The fourth-order valence-electron chi connectivity index (χ4n) is 2.70. The Labute approximate surface area is 183 Å². The third-order valence-corrected chi connectivity index (χ3v) is 4.56. The molecule has 0 unspecified atom stereocenters. The van der Waals surface area contributed by atoms with Gasteiger partial charge >= 0.3 is 12.1 Å². The van der Waals surface area contributed by atoms with Crippen molar-refractivity contribution < 1.29 is 27.8 Å². The molecule has 0 aliphatic heterocycles. The average Bonchev–Trinajstić information content (AvgIpc) is 2.56. The molecule has 8 heteroatoms. The molecule has 0 saturated carbocycles. The second-order valence-electron chi connectivity index (χ2n) is 7.83. The van der Waals surface area contributed by atoms with Crippen molar-refractivity contribution in [1.29, 1.82) is 0 Å². The number of carbonyl (C=O) groups excluding carboxylic acids is 1. The van der Waals surface area contributed by atoms with Gasteiger partial charge in [-0.3, -0.25) is 0 Å². The van der Waals surface area contributed by atoms with Crippen molar-refractivity contribution >= 4 is 35.2 Å². The van der Waals surface area contributed by atoms with Crippen LogP contribution in [0.25, 0.3) is 6.08 Å². The normalized spacial score (nSPS) is 14.6. The van der Waals surface area contributed by atoms with Crippen LogP contribution in [-0.4, -0.2) is 22.9 Å². The summed E-state index contributed by atoms with van der Waals surface area (Å²) in [5.74, 6) is -0.532. The quantitative estimate of drug-likeness (QED) is 0.515. The van der Waals surface area contributed by atoms with E-state index in [1.807, 2.05) is 0 Å². The number of alkyl halides is 3. The molecule has 1 N–H and O–H groups in total. The van der Waals surface area contributed by atoms with Gasteiger partial charge in [0.05, 0.1) is 5.56 Å². The first-order chi connectivity index (χ1) is 13.6. The van der Waals surface area contributed by atoms with Gasteiger partial charge in [-0.25, -0.2) is 4.79 Å². The Bertz CT molecular complexity index is 958. The van der Waals surface area contributed by atoms with Crippen LogP contribution in [-0.2, 0) is 10.3 Å². The van der Waals surface area contributed by atoms with Gasteiger partial charge in [-0.1, -0.05) is 41.4 Å². The van der Waals surface area contributed by atoms with Crippen LogP contribution in [0.1, 0.15) is 47.8 Å². The molecule has 2 aromatic carbocycles. The third-order valence-electron chi connectivity index (χ3n) is 4.12. The lowest BCUT2D eigenvalue weighted by molar-refractivity contribution is -0.244. The maximum Gasteiger partial charge on any atom is 0.425 e. The van der Waals surface area contributed by atoms with Crippen molar-refractivity contribution in [3.8, 4) is 0 Å². The van der Waals surface area contributed by atoms with Crippen molar-refractivity contribution in [3.05, 3.63) is 74.8 Å². The van der Waals surface area contributed by atoms with Gasteiger partial charge in [0.25, 0.3) is 0 Å².